The molecule has 20 heavy (non-hydrogen) atoms. The Labute approximate surface area is 139 Å². The molecule has 2 rings (SSSR count). The Morgan fingerprint density at radius 2 is 1.95 bits per heavy atom. The average Bonchev–Trinajstić information content (AvgIpc) is 2.42. The predicted octanol–water partition coefficient (Wildman–Crippen LogP) is 3.53. The second-order valence-electron chi connectivity index (χ2n) is 3.75. The molecule has 2 aromatic rings. The van der Waals surface area contributed by atoms with E-state index in [1.807, 2.05) is 6.07 Å². The first kappa shape index (κ1) is 15.3. The van der Waals surface area contributed by atoms with Crippen molar-refractivity contribution >= 4 is 63.2 Å². The molecule has 0 saturated carbocycles. The molecule has 104 valence electrons. The zero-order chi connectivity index (χ0) is 14.7. The van der Waals surface area contributed by atoms with Gasteiger partial charge < -0.3 is 10.7 Å². The second-order valence-corrected chi connectivity index (χ2v) is 5.81. The lowest BCUT2D eigenvalue weighted by molar-refractivity contribution is 0.102. The van der Waals surface area contributed by atoms with Crippen molar-refractivity contribution in [2.75, 3.05) is 10.7 Å². The minimum atomic E-state index is -0.463. The molecule has 1 aromatic heterocycles. The highest BCUT2D eigenvalue weighted by molar-refractivity contribution is 14.1. The van der Waals surface area contributed by atoms with Crippen LogP contribution < -0.4 is 16.6 Å². The standard InChI is InChI=1S/C12H9Cl2IN4O/c13-7-2-4-10(19-16)18-11(7)12(20)17-9-3-1-6(15)5-8(9)14/h1-5H,16H2,(H,17,20)(H,18,19). The molecule has 1 aromatic carbocycles. The van der Waals surface area contributed by atoms with Gasteiger partial charge in [-0.25, -0.2) is 10.8 Å². The number of nitrogens with one attached hydrogen (secondary N) is 2. The quantitative estimate of drug-likeness (QED) is 0.401. The van der Waals surface area contributed by atoms with Crippen molar-refractivity contribution in [3.8, 4) is 0 Å². The fourth-order valence-corrected chi connectivity index (χ4v) is 2.55. The summed E-state index contributed by atoms with van der Waals surface area (Å²) in [6, 6.07) is 8.38. The third-order valence-electron chi connectivity index (χ3n) is 2.39. The van der Waals surface area contributed by atoms with Crippen molar-refractivity contribution in [1.29, 1.82) is 0 Å². The third kappa shape index (κ3) is 3.51. The molecule has 0 radical (unpaired) electrons. The molecule has 1 amide bonds. The summed E-state index contributed by atoms with van der Waals surface area (Å²) >= 11 is 14.1. The molecular formula is C12H9Cl2IN4O. The van der Waals surface area contributed by atoms with Crippen LogP contribution in [0.4, 0.5) is 11.5 Å². The van der Waals surface area contributed by atoms with Crippen LogP contribution in [-0.2, 0) is 0 Å². The van der Waals surface area contributed by atoms with Crippen LogP contribution in [0.1, 0.15) is 10.5 Å². The lowest BCUT2D eigenvalue weighted by Gasteiger charge is -2.09. The Morgan fingerprint density at radius 3 is 2.60 bits per heavy atom. The van der Waals surface area contributed by atoms with E-state index < -0.39 is 5.91 Å². The van der Waals surface area contributed by atoms with Crippen LogP contribution in [-0.4, -0.2) is 10.9 Å². The Morgan fingerprint density at radius 1 is 1.20 bits per heavy atom. The normalized spacial score (nSPS) is 10.2. The van der Waals surface area contributed by atoms with Gasteiger partial charge in [0.25, 0.3) is 5.91 Å². The summed E-state index contributed by atoms with van der Waals surface area (Å²) < 4.78 is 0.969. The molecule has 0 unspecified atom stereocenters. The Balaban J connectivity index is 2.28. The van der Waals surface area contributed by atoms with Crippen LogP contribution in [0.2, 0.25) is 10.0 Å². The van der Waals surface area contributed by atoms with Crippen LogP contribution in [0, 0.1) is 3.57 Å². The minimum Gasteiger partial charge on any atom is -0.319 e. The fraction of sp³-hybridized carbons (Fsp3) is 0. The monoisotopic (exact) mass is 422 g/mol. The van der Waals surface area contributed by atoms with E-state index in [9.17, 15) is 4.79 Å². The smallest absolute Gasteiger partial charge is 0.275 e. The summed E-state index contributed by atoms with van der Waals surface area (Å²) in [5.41, 5.74) is 2.91. The molecule has 0 fully saturated rings. The zero-order valence-corrected chi connectivity index (χ0v) is 13.6. The molecular weight excluding hydrogens is 414 g/mol. The summed E-state index contributed by atoms with van der Waals surface area (Å²) in [6.45, 7) is 0. The van der Waals surface area contributed by atoms with Crippen molar-refractivity contribution in [3.05, 3.63) is 49.6 Å². The Bertz CT molecular complexity index is 666. The van der Waals surface area contributed by atoms with Gasteiger partial charge in [-0.15, -0.1) is 0 Å². The number of nitrogens with zero attached hydrogens (tertiary/aromatic N) is 1. The van der Waals surface area contributed by atoms with Crippen molar-refractivity contribution in [2.45, 2.75) is 0 Å². The number of rotatable bonds is 3. The van der Waals surface area contributed by atoms with E-state index in [1.165, 1.54) is 6.07 Å². The van der Waals surface area contributed by atoms with Gasteiger partial charge in [0, 0.05) is 3.57 Å². The number of hydrogen-bond donors (Lipinski definition) is 3. The summed E-state index contributed by atoms with van der Waals surface area (Å²) in [6.07, 6.45) is 0. The van der Waals surface area contributed by atoms with E-state index in [0.29, 0.717) is 16.5 Å². The topological polar surface area (TPSA) is 80.0 Å². The maximum absolute atomic E-state index is 12.2. The van der Waals surface area contributed by atoms with E-state index in [1.54, 1.807) is 18.2 Å². The van der Waals surface area contributed by atoms with Crippen molar-refractivity contribution in [1.82, 2.24) is 4.98 Å². The molecule has 0 aliphatic heterocycles. The van der Waals surface area contributed by atoms with Crippen molar-refractivity contribution < 1.29 is 4.79 Å². The lowest BCUT2D eigenvalue weighted by atomic mass is 10.3. The van der Waals surface area contributed by atoms with Gasteiger partial charge in [0.15, 0.2) is 0 Å². The van der Waals surface area contributed by atoms with Crippen LogP contribution in [0.15, 0.2) is 30.3 Å². The molecule has 5 nitrogen and oxygen atoms in total. The fourth-order valence-electron chi connectivity index (χ4n) is 1.45. The maximum Gasteiger partial charge on any atom is 0.275 e. The lowest BCUT2D eigenvalue weighted by Crippen LogP contribution is -2.17. The van der Waals surface area contributed by atoms with Gasteiger partial charge >= 0.3 is 0 Å². The molecule has 8 heteroatoms. The first-order valence-electron chi connectivity index (χ1n) is 5.41. The molecule has 0 aliphatic carbocycles. The number of hydrazine groups is 1. The van der Waals surface area contributed by atoms with E-state index in [4.69, 9.17) is 29.0 Å². The molecule has 4 N–H and O–H groups in total. The van der Waals surface area contributed by atoms with Gasteiger partial charge in [-0.2, -0.15) is 0 Å². The molecule has 0 saturated heterocycles. The Hall–Kier alpha value is -1.09. The number of benzene rings is 1. The number of nitrogen functional groups attached to an aromatic ring is 1. The minimum absolute atomic E-state index is 0.0664. The van der Waals surface area contributed by atoms with Gasteiger partial charge in [0.1, 0.15) is 11.5 Å². The van der Waals surface area contributed by atoms with Crippen LogP contribution in [0.25, 0.3) is 0 Å². The summed E-state index contributed by atoms with van der Waals surface area (Å²) in [5, 5.41) is 3.32. The summed E-state index contributed by atoms with van der Waals surface area (Å²) in [4.78, 5) is 16.2. The average molecular weight is 423 g/mol. The number of halogens is 3. The zero-order valence-electron chi connectivity index (χ0n) is 9.95. The number of hydrogen-bond acceptors (Lipinski definition) is 4. The summed E-state index contributed by atoms with van der Waals surface area (Å²) in [7, 11) is 0. The summed E-state index contributed by atoms with van der Waals surface area (Å²) in [5.74, 6) is 5.13. The second kappa shape index (κ2) is 6.57. The van der Waals surface area contributed by atoms with E-state index >= 15 is 0 Å². The molecule has 1 heterocycles. The molecule has 0 atom stereocenters. The Kier molecular flexibility index (Phi) is 5.03. The highest BCUT2D eigenvalue weighted by Gasteiger charge is 2.14. The van der Waals surface area contributed by atoms with Gasteiger partial charge in [-0.05, 0) is 52.9 Å². The van der Waals surface area contributed by atoms with Crippen LogP contribution in [0.5, 0.6) is 0 Å². The predicted molar refractivity (Wildman–Crippen MR) is 89.2 cm³/mol. The molecule has 0 bridgehead atoms. The van der Waals surface area contributed by atoms with Crippen molar-refractivity contribution in [2.24, 2.45) is 5.84 Å². The number of amides is 1. The first-order chi connectivity index (χ1) is 9.51. The largest absolute Gasteiger partial charge is 0.319 e. The van der Waals surface area contributed by atoms with Gasteiger partial charge in [-0.1, -0.05) is 23.2 Å². The van der Waals surface area contributed by atoms with Crippen molar-refractivity contribution in [3.63, 3.8) is 0 Å². The van der Waals surface area contributed by atoms with Gasteiger partial charge in [0.2, 0.25) is 0 Å². The van der Waals surface area contributed by atoms with Gasteiger partial charge in [0.05, 0.1) is 15.7 Å². The highest BCUT2D eigenvalue weighted by atomic mass is 127. The van der Waals surface area contributed by atoms with Crippen LogP contribution in [0.3, 0.4) is 0 Å². The van der Waals surface area contributed by atoms with Crippen LogP contribution >= 0.6 is 45.8 Å². The number of pyridine rings is 1. The SMILES string of the molecule is NNc1ccc(Cl)c(C(=O)Nc2ccc(I)cc2Cl)n1. The third-order valence-corrected chi connectivity index (χ3v) is 3.68. The number of nitrogens with two attached hydrogens (primary N) is 1. The van der Waals surface area contributed by atoms with E-state index in [-0.39, 0.29) is 10.7 Å². The van der Waals surface area contributed by atoms with E-state index in [0.717, 1.165) is 3.57 Å². The highest BCUT2D eigenvalue weighted by Crippen LogP contribution is 2.25. The molecule has 0 aliphatic rings. The maximum atomic E-state index is 12.2. The number of carbonyl (C=O) groups is 1. The first-order valence-corrected chi connectivity index (χ1v) is 7.24. The number of carbonyl (C=O) groups excluding carboxylic acids is 1. The van der Waals surface area contributed by atoms with Gasteiger partial charge in [-0.3, -0.25) is 4.79 Å². The number of aromatic nitrogens is 1. The van der Waals surface area contributed by atoms with E-state index in [2.05, 4.69) is 38.3 Å². The molecule has 0 spiro atoms. The number of anilines is 2.